The zero-order valence-electron chi connectivity index (χ0n) is 12.2. The van der Waals surface area contributed by atoms with Crippen LogP contribution in [0, 0.1) is 6.92 Å². The molecule has 4 nitrogen and oxygen atoms in total. The van der Waals surface area contributed by atoms with Crippen molar-refractivity contribution in [2.75, 3.05) is 0 Å². The van der Waals surface area contributed by atoms with Crippen molar-refractivity contribution in [2.24, 2.45) is 21.1 Å². The summed E-state index contributed by atoms with van der Waals surface area (Å²) < 4.78 is 6.49. The van der Waals surface area contributed by atoms with E-state index in [1.54, 1.807) is 11.3 Å². The van der Waals surface area contributed by atoms with Crippen molar-refractivity contribution in [1.29, 1.82) is 0 Å². The number of hydrogen-bond donors (Lipinski definition) is 0. The molecule has 0 amide bonds. The van der Waals surface area contributed by atoms with Gasteiger partial charge in [0.15, 0.2) is 6.20 Å². The normalized spacial score (nSPS) is 11.0. The molecule has 0 radical (unpaired) electrons. The van der Waals surface area contributed by atoms with Crippen LogP contribution in [0.15, 0.2) is 36.0 Å². The quantitative estimate of drug-likeness (QED) is 0.659. The minimum Gasteiger partial charge on any atom is -0.326 e. The molecule has 0 saturated carbocycles. The topological polar surface area (TPSA) is 25.6 Å². The van der Waals surface area contributed by atoms with Gasteiger partial charge in [-0.1, -0.05) is 11.3 Å². The summed E-state index contributed by atoms with van der Waals surface area (Å²) in [5.74, 6) is 1.02. The van der Waals surface area contributed by atoms with Crippen molar-refractivity contribution in [3.05, 3.63) is 41.8 Å². The summed E-state index contributed by atoms with van der Waals surface area (Å²) in [5, 5.41) is 3.35. The maximum atomic E-state index is 4.39. The Kier molecular flexibility index (Phi) is 3.14. The van der Waals surface area contributed by atoms with E-state index in [1.165, 1.54) is 16.4 Å². The van der Waals surface area contributed by atoms with Crippen molar-refractivity contribution in [2.45, 2.75) is 6.92 Å². The molecular weight excluding hydrogens is 268 g/mol. The van der Waals surface area contributed by atoms with Crippen LogP contribution in [0.25, 0.3) is 22.1 Å². The van der Waals surface area contributed by atoms with Crippen molar-refractivity contribution < 1.29 is 9.13 Å². The summed E-state index contributed by atoms with van der Waals surface area (Å²) in [4.78, 5) is 4.39. The fourth-order valence-electron chi connectivity index (χ4n) is 2.37. The lowest BCUT2D eigenvalue weighted by Crippen LogP contribution is -2.38. The molecule has 0 aliphatic heterocycles. The van der Waals surface area contributed by atoms with E-state index >= 15 is 0 Å². The Labute approximate surface area is 122 Å². The van der Waals surface area contributed by atoms with E-state index < -0.39 is 0 Å². The van der Waals surface area contributed by atoms with Crippen LogP contribution >= 0.6 is 11.3 Å². The number of aryl methyl sites for hydroxylation is 2. The van der Waals surface area contributed by atoms with Gasteiger partial charge in [0.25, 0.3) is 5.69 Å². The molecule has 0 aromatic carbocycles. The number of nitrogens with zero attached hydrogens (tertiary/aromatic N) is 4. The summed E-state index contributed by atoms with van der Waals surface area (Å²) >= 11 is 1.75. The van der Waals surface area contributed by atoms with E-state index in [0.29, 0.717) is 0 Å². The Hall–Kier alpha value is -2.01. The van der Waals surface area contributed by atoms with Crippen LogP contribution in [0.3, 0.4) is 0 Å². The molecular formula is C15H18N4S+2. The Morgan fingerprint density at radius 2 is 1.95 bits per heavy atom. The van der Waals surface area contributed by atoms with Gasteiger partial charge in [-0.25, -0.2) is 4.98 Å². The van der Waals surface area contributed by atoms with Gasteiger partial charge in [0.05, 0.1) is 11.6 Å². The lowest BCUT2D eigenvalue weighted by Gasteiger charge is -2.04. The molecule has 0 fully saturated rings. The average molecular weight is 286 g/mol. The first-order chi connectivity index (χ1) is 9.59. The lowest BCUT2D eigenvalue weighted by molar-refractivity contribution is -0.682. The fraction of sp³-hybridized carbons (Fsp3) is 0.267. The standard InChI is InChI=1S/C15H18N4S/c1-11-16-10-14(18(11)3)12-6-5-7-13(19(12)4)15-17(2)8-9-20-15/h5-10H,1-4H3/q+2. The molecule has 3 aromatic heterocycles. The average Bonchev–Trinajstić information content (AvgIpc) is 2.99. The van der Waals surface area contributed by atoms with Crippen LogP contribution in [-0.4, -0.2) is 9.55 Å². The summed E-state index contributed by atoms with van der Waals surface area (Å²) in [5.41, 5.74) is 3.50. The summed E-state index contributed by atoms with van der Waals surface area (Å²) in [6.07, 6.45) is 4.02. The van der Waals surface area contributed by atoms with Crippen molar-refractivity contribution in [3.63, 3.8) is 0 Å². The molecule has 0 unspecified atom stereocenters. The fourth-order valence-corrected chi connectivity index (χ4v) is 3.30. The number of imidazole rings is 1. The largest absolute Gasteiger partial charge is 0.334 e. The Bertz CT molecular complexity index is 770. The molecule has 20 heavy (non-hydrogen) atoms. The van der Waals surface area contributed by atoms with E-state index in [9.17, 15) is 0 Å². The van der Waals surface area contributed by atoms with E-state index in [-0.39, 0.29) is 0 Å². The third kappa shape index (κ3) is 1.94. The van der Waals surface area contributed by atoms with Gasteiger partial charge in [-0.05, 0) is 13.0 Å². The predicted octanol–water partition coefficient (Wildman–Crippen LogP) is 1.77. The van der Waals surface area contributed by atoms with Crippen molar-refractivity contribution in [3.8, 4) is 22.1 Å². The van der Waals surface area contributed by atoms with Gasteiger partial charge >= 0.3 is 5.01 Å². The van der Waals surface area contributed by atoms with Gasteiger partial charge in [-0.15, -0.1) is 0 Å². The first-order valence-corrected chi connectivity index (χ1v) is 7.39. The van der Waals surface area contributed by atoms with Crippen LogP contribution in [0.5, 0.6) is 0 Å². The van der Waals surface area contributed by atoms with Gasteiger partial charge in [0.2, 0.25) is 5.69 Å². The molecule has 0 spiro atoms. The second-order valence-electron chi connectivity index (χ2n) is 4.92. The second kappa shape index (κ2) is 4.83. The van der Waals surface area contributed by atoms with Crippen LogP contribution in [-0.2, 0) is 21.1 Å². The van der Waals surface area contributed by atoms with Crippen LogP contribution in [0.4, 0.5) is 0 Å². The first kappa shape index (κ1) is 13.0. The third-order valence-electron chi connectivity index (χ3n) is 3.72. The molecule has 3 heterocycles. The maximum absolute atomic E-state index is 4.39. The van der Waals surface area contributed by atoms with E-state index in [0.717, 1.165) is 11.5 Å². The molecule has 3 aromatic rings. The molecule has 102 valence electrons. The van der Waals surface area contributed by atoms with E-state index in [1.807, 2.05) is 13.1 Å². The molecule has 3 rings (SSSR count). The zero-order valence-corrected chi connectivity index (χ0v) is 13.0. The number of aromatic nitrogens is 4. The number of thiazole rings is 1. The van der Waals surface area contributed by atoms with Gasteiger partial charge in [0.1, 0.15) is 25.6 Å². The monoisotopic (exact) mass is 286 g/mol. The molecule has 0 saturated heterocycles. The second-order valence-corrected chi connectivity index (χ2v) is 5.82. The van der Waals surface area contributed by atoms with Crippen molar-refractivity contribution >= 4 is 11.3 Å². The summed E-state index contributed by atoms with van der Waals surface area (Å²) in [6, 6.07) is 6.39. The minimum absolute atomic E-state index is 1.02. The zero-order chi connectivity index (χ0) is 14.3. The third-order valence-corrected chi connectivity index (χ3v) is 4.70. The Morgan fingerprint density at radius 1 is 1.20 bits per heavy atom. The highest BCUT2D eigenvalue weighted by Crippen LogP contribution is 2.21. The smallest absolute Gasteiger partial charge is 0.326 e. The van der Waals surface area contributed by atoms with Gasteiger partial charge in [-0.2, -0.15) is 9.13 Å². The highest BCUT2D eigenvalue weighted by atomic mass is 32.1. The summed E-state index contributed by atoms with van der Waals surface area (Å²) in [6.45, 7) is 2.02. The molecule has 0 atom stereocenters. The molecule has 5 heteroatoms. The number of rotatable bonds is 2. The highest BCUT2D eigenvalue weighted by Gasteiger charge is 2.25. The number of pyridine rings is 1. The van der Waals surface area contributed by atoms with Crippen LogP contribution in [0.2, 0.25) is 0 Å². The van der Waals surface area contributed by atoms with Crippen LogP contribution in [0.1, 0.15) is 5.82 Å². The van der Waals surface area contributed by atoms with Gasteiger partial charge < -0.3 is 4.57 Å². The molecule has 0 N–H and O–H groups in total. The number of hydrogen-bond acceptors (Lipinski definition) is 2. The Morgan fingerprint density at radius 3 is 2.55 bits per heavy atom. The summed E-state index contributed by atoms with van der Waals surface area (Å²) in [7, 11) is 6.23. The molecule has 0 aliphatic rings. The molecule has 0 bridgehead atoms. The molecule has 0 aliphatic carbocycles. The lowest BCUT2D eigenvalue weighted by atomic mass is 10.2. The van der Waals surface area contributed by atoms with E-state index in [2.05, 4.69) is 69.6 Å². The van der Waals surface area contributed by atoms with Gasteiger partial charge in [0, 0.05) is 19.2 Å². The van der Waals surface area contributed by atoms with Crippen molar-refractivity contribution in [1.82, 2.24) is 9.55 Å². The highest BCUT2D eigenvalue weighted by molar-refractivity contribution is 7.12. The SMILES string of the molecule is Cc1ncc(-c2cccc(-c3scc[n+]3C)[n+]2C)n1C. The van der Waals surface area contributed by atoms with E-state index in [4.69, 9.17) is 0 Å². The first-order valence-electron chi connectivity index (χ1n) is 6.51. The minimum atomic E-state index is 1.02. The Balaban J connectivity index is 2.20. The maximum Gasteiger partial charge on any atom is 0.334 e. The predicted molar refractivity (Wildman–Crippen MR) is 79.0 cm³/mol. The van der Waals surface area contributed by atoms with Crippen LogP contribution < -0.4 is 9.13 Å². The van der Waals surface area contributed by atoms with Gasteiger partial charge in [-0.3, -0.25) is 0 Å².